The molecule has 1 rings (SSSR count). The Morgan fingerprint density at radius 3 is 2.81 bits per heavy atom. The lowest BCUT2D eigenvalue weighted by Gasteiger charge is -2.25. The smallest absolute Gasteiger partial charge is 0.224 e. The van der Waals surface area contributed by atoms with Crippen LogP contribution < -0.4 is 10.6 Å². The zero-order valence-corrected chi connectivity index (χ0v) is 10.4. The number of anilines is 2. The number of nitrogens with zero attached hydrogens (tertiary/aromatic N) is 2. The summed E-state index contributed by atoms with van der Waals surface area (Å²) in [6.07, 6.45) is 1.72. The molecular formula is C11H20N4O. The van der Waals surface area contributed by atoms with Crippen molar-refractivity contribution >= 4 is 11.8 Å². The Labute approximate surface area is 96.6 Å². The van der Waals surface area contributed by atoms with E-state index >= 15 is 0 Å². The van der Waals surface area contributed by atoms with E-state index in [1.54, 1.807) is 13.2 Å². The number of ether oxygens (including phenoxy) is 1. The molecule has 16 heavy (non-hydrogen) atoms. The van der Waals surface area contributed by atoms with Gasteiger partial charge in [0.25, 0.3) is 0 Å². The number of nitrogens with one attached hydrogen (secondary N) is 2. The molecule has 0 atom stereocenters. The monoisotopic (exact) mass is 224 g/mol. The Hall–Kier alpha value is -1.36. The van der Waals surface area contributed by atoms with E-state index in [0.717, 1.165) is 5.82 Å². The maximum absolute atomic E-state index is 5.59. The fourth-order valence-electron chi connectivity index (χ4n) is 1.32. The first-order chi connectivity index (χ1) is 7.57. The molecule has 5 heteroatoms. The third-order valence-corrected chi connectivity index (χ3v) is 2.11. The summed E-state index contributed by atoms with van der Waals surface area (Å²) in [6.45, 7) is 7.50. The van der Waals surface area contributed by atoms with E-state index in [0.29, 0.717) is 19.1 Å². The molecule has 1 aromatic heterocycles. The normalized spacial score (nSPS) is 11.2. The predicted molar refractivity (Wildman–Crippen MR) is 65.8 cm³/mol. The number of rotatable bonds is 6. The van der Waals surface area contributed by atoms with Gasteiger partial charge in [0, 0.05) is 26.4 Å². The van der Waals surface area contributed by atoms with Crippen LogP contribution in [0.25, 0.3) is 0 Å². The van der Waals surface area contributed by atoms with Gasteiger partial charge in [-0.25, -0.2) is 4.98 Å². The highest BCUT2D eigenvalue weighted by Crippen LogP contribution is 2.11. The van der Waals surface area contributed by atoms with Crippen LogP contribution in [0.5, 0.6) is 0 Å². The van der Waals surface area contributed by atoms with E-state index in [-0.39, 0.29) is 5.60 Å². The maximum Gasteiger partial charge on any atom is 0.224 e. The second-order valence-electron chi connectivity index (χ2n) is 4.06. The molecule has 0 aliphatic rings. The van der Waals surface area contributed by atoms with E-state index < -0.39 is 0 Å². The van der Waals surface area contributed by atoms with E-state index in [4.69, 9.17) is 4.74 Å². The molecule has 0 aliphatic heterocycles. The number of hydrogen-bond acceptors (Lipinski definition) is 5. The van der Waals surface area contributed by atoms with Crippen molar-refractivity contribution in [3.63, 3.8) is 0 Å². The zero-order valence-electron chi connectivity index (χ0n) is 10.4. The van der Waals surface area contributed by atoms with Crippen molar-refractivity contribution < 1.29 is 4.74 Å². The van der Waals surface area contributed by atoms with E-state index in [1.807, 2.05) is 26.8 Å². The molecule has 0 amide bonds. The molecule has 0 aromatic carbocycles. The minimum atomic E-state index is -0.195. The molecule has 90 valence electrons. The van der Waals surface area contributed by atoms with Gasteiger partial charge in [-0.2, -0.15) is 4.98 Å². The lowest BCUT2D eigenvalue weighted by Crippen LogP contribution is -2.33. The predicted octanol–water partition coefficient (Wildman–Crippen LogP) is 1.75. The third-order valence-electron chi connectivity index (χ3n) is 2.11. The Bertz CT molecular complexity index is 328. The van der Waals surface area contributed by atoms with Crippen molar-refractivity contribution in [1.82, 2.24) is 9.97 Å². The van der Waals surface area contributed by atoms with Crippen LogP contribution >= 0.6 is 0 Å². The summed E-state index contributed by atoms with van der Waals surface area (Å²) < 4.78 is 5.59. The van der Waals surface area contributed by atoms with Gasteiger partial charge in [0.1, 0.15) is 5.82 Å². The first-order valence-electron chi connectivity index (χ1n) is 5.46. The third kappa shape index (κ3) is 4.02. The molecule has 1 aromatic rings. The molecule has 1 heterocycles. The summed E-state index contributed by atoms with van der Waals surface area (Å²) in [7, 11) is 1.79. The van der Waals surface area contributed by atoms with Gasteiger partial charge in [-0.1, -0.05) is 0 Å². The minimum Gasteiger partial charge on any atom is -0.374 e. The lowest BCUT2D eigenvalue weighted by atomic mass is 10.1. The van der Waals surface area contributed by atoms with Gasteiger partial charge < -0.3 is 15.4 Å². The van der Waals surface area contributed by atoms with Crippen molar-refractivity contribution in [1.29, 1.82) is 0 Å². The quantitative estimate of drug-likeness (QED) is 0.771. The molecule has 0 fully saturated rings. The van der Waals surface area contributed by atoms with Crippen molar-refractivity contribution in [3.05, 3.63) is 12.3 Å². The summed E-state index contributed by atoms with van der Waals surface area (Å²) in [5, 5.41) is 6.12. The highest BCUT2D eigenvalue weighted by Gasteiger charge is 2.17. The first-order valence-corrected chi connectivity index (χ1v) is 5.46. The summed E-state index contributed by atoms with van der Waals surface area (Å²) in [4.78, 5) is 8.31. The van der Waals surface area contributed by atoms with E-state index in [9.17, 15) is 0 Å². The fraction of sp³-hybridized carbons (Fsp3) is 0.636. The Morgan fingerprint density at radius 2 is 2.19 bits per heavy atom. The molecular weight excluding hydrogens is 204 g/mol. The van der Waals surface area contributed by atoms with E-state index in [2.05, 4.69) is 20.6 Å². The summed E-state index contributed by atoms with van der Waals surface area (Å²) in [5.41, 5.74) is -0.195. The molecule has 0 aliphatic carbocycles. The topological polar surface area (TPSA) is 59.1 Å². The maximum atomic E-state index is 5.59. The average molecular weight is 224 g/mol. The van der Waals surface area contributed by atoms with Gasteiger partial charge in [-0.05, 0) is 26.8 Å². The molecule has 0 saturated heterocycles. The highest BCUT2D eigenvalue weighted by molar-refractivity contribution is 5.39. The highest BCUT2D eigenvalue weighted by atomic mass is 16.5. The summed E-state index contributed by atoms with van der Waals surface area (Å²) in [6, 6.07) is 1.84. The van der Waals surface area contributed by atoms with Crippen LogP contribution in [0.2, 0.25) is 0 Å². The fourth-order valence-corrected chi connectivity index (χ4v) is 1.32. The lowest BCUT2D eigenvalue weighted by molar-refractivity contribution is 0.000642. The zero-order chi connectivity index (χ0) is 12.0. The summed E-state index contributed by atoms with van der Waals surface area (Å²) >= 11 is 0. The van der Waals surface area contributed by atoms with Crippen molar-refractivity contribution in [2.75, 3.05) is 30.8 Å². The Balaban J connectivity index is 2.53. The van der Waals surface area contributed by atoms with Crippen LogP contribution in [0.15, 0.2) is 12.3 Å². The largest absolute Gasteiger partial charge is 0.374 e. The van der Waals surface area contributed by atoms with Gasteiger partial charge in [0.05, 0.1) is 5.60 Å². The number of hydrogen-bond donors (Lipinski definition) is 2. The van der Waals surface area contributed by atoms with Gasteiger partial charge in [0.2, 0.25) is 5.95 Å². The number of aromatic nitrogens is 2. The molecule has 0 bridgehead atoms. The molecule has 0 saturated carbocycles. The second-order valence-corrected chi connectivity index (χ2v) is 4.06. The molecule has 0 spiro atoms. The average Bonchev–Trinajstić information content (AvgIpc) is 2.27. The molecule has 0 radical (unpaired) electrons. The van der Waals surface area contributed by atoms with Crippen LogP contribution in [-0.4, -0.2) is 35.8 Å². The molecule has 5 nitrogen and oxygen atoms in total. The minimum absolute atomic E-state index is 0.195. The Kier molecular flexibility index (Phi) is 4.49. The van der Waals surface area contributed by atoms with E-state index in [1.165, 1.54) is 0 Å². The summed E-state index contributed by atoms with van der Waals surface area (Å²) in [5.74, 6) is 1.41. The van der Waals surface area contributed by atoms with Gasteiger partial charge in [-0.3, -0.25) is 0 Å². The van der Waals surface area contributed by atoms with Gasteiger partial charge >= 0.3 is 0 Å². The van der Waals surface area contributed by atoms with Crippen LogP contribution in [0.4, 0.5) is 11.8 Å². The van der Waals surface area contributed by atoms with Crippen LogP contribution in [0.1, 0.15) is 20.8 Å². The van der Waals surface area contributed by atoms with Gasteiger partial charge in [0.15, 0.2) is 0 Å². The van der Waals surface area contributed by atoms with Gasteiger partial charge in [-0.15, -0.1) is 0 Å². The van der Waals surface area contributed by atoms with Crippen LogP contribution in [-0.2, 0) is 4.74 Å². The van der Waals surface area contributed by atoms with Crippen molar-refractivity contribution in [2.45, 2.75) is 26.4 Å². The van der Waals surface area contributed by atoms with Crippen LogP contribution in [0.3, 0.4) is 0 Å². The van der Waals surface area contributed by atoms with Crippen LogP contribution in [0, 0.1) is 0 Å². The molecule has 0 unspecified atom stereocenters. The second kappa shape index (κ2) is 5.65. The standard InChI is InChI=1S/C11H20N4O/c1-5-16-11(2,3)8-14-9-6-7-13-10(12-4)15-9/h6-7H,5,8H2,1-4H3,(H2,12,13,14,15). The molecule has 2 N–H and O–H groups in total. The SMILES string of the molecule is CCOC(C)(C)CNc1ccnc(NC)n1. The Morgan fingerprint density at radius 1 is 1.44 bits per heavy atom. The van der Waals surface area contributed by atoms with Crippen molar-refractivity contribution in [3.8, 4) is 0 Å². The first kappa shape index (κ1) is 12.7. The van der Waals surface area contributed by atoms with Crippen molar-refractivity contribution in [2.24, 2.45) is 0 Å².